The van der Waals surface area contributed by atoms with Crippen molar-refractivity contribution in [2.75, 3.05) is 13.6 Å². The van der Waals surface area contributed by atoms with Crippen molar-refractivity contribution in [2.24, 2.45) is 5.92 Å². The Morgan fingerprint density at radius 2 is 1.32 bits per heavy atom. The van der Waals surface area contributed by atoms with E-state index in [2.05, 4.69) is 41.9 Å². The van der Waals surface area contributed by atoms with Gasteiger partial charge in [-0.25, -0.2) is 4.79 Å². The van der Waals surface area contributed by atoms with Gasteiger partial charge in [-0.1, -0.05) is 84.9 Å². The minimum absolute atomic E-state index is 0. The number of rotatable bonds is 8. The number of halogens is 1. The summed E-state index contributed by atoms with van der Waals surface area (Å²) in [6.45, 7) is 3.13. The van der Waals surface area contributed by atoms with Crippen molar-refractivity contribution in [2.45, 2.75) is 81.6 Å². The van der Waals surface area contributed by atoms with E-state index in [4.69, 9.17) is 0 Å². The van der Waals surface area contributed by atoms with Crippen LogP contribution in [0, 0.1) is 5.92 Å². The highest BCUT2D eigenvalue weighted by Crippen LogP contribution is 2.57. The van der Waals surface area contributed by atoms with Crippen LogP contribution in [0.25, 0.3) is 0 Å². The highest BCUT2D eigenvalue weighted by Gasteiger charge is 2.54. The molecule has 41 heavy (non-hydrogen) atoms. The van der Waals surface area contributed by atoms with Crippen LogP contribution in [0.4, 0.5) is 4.79 Å². The summed E-state index contributed by atoms with van der Waals surface area (Å²) in [5.74, 6) is 0.736. The van der Waals surface area contributed by atoms with Gasteiger partial charge in [0.25, 0.3) is 0 Å². The molecule has 6 heteroatoms. The molecule has 1 saturated heterocycles. The zero-order valence-corrected chi connectivity index (χ0v) is 26.5. The van der Waals surface area contributed by atoms with Gasteiger partial charge in [0.1, 0.15) is 17.7 Å². The topological polar surface area (TPSA) is 61.4 Å². The van der Waals surface area contributed by atoms with Crippen molar-refractivity contribution in [1.29, 1.82) is 0 Å². The highest BCUT2D eigenvalue weighted by atomic mass is 127. The number of aliphatic hydroxyl groups is 1. The minimum atomic E-state index is -1.33. The molecule has 2 bridgehead atoms. The Balaban J connectivity index is 0.00000337. The van der Waals surface area contributed by atoms with Gasteiger partial charge in [-0.3, -0.25) is 0 Å². The number of hydrogen-bond acceptors (Lipinski definition) is 2. The fourth-order valence-corrected chi connectivity index (χ4v) is 8.13. The third kappa shape index (κ3) is 5.67. The van der Waals surface area contributed by atoms with Crippen molar-refractivity contribution in [1.82, 2.24) is 10.6 Å². The summed E-state index contributed by atoms with van der Waals surface area (Å²) in [6, 6.07) is 29.2. The number of fused-ring (bicyclic) bond motifs is 5. The molecular weight excluding hydrogens is 621 g/mol. The molecule has 1 unspecified atom stereocenters. The first-order chi connectivity index (χ1) is 19.4. The summed E-state index contributed by atoms with van der Waals surface area (Å²) in [5.41, 5.74) is 3.40. The molecule has 0 spiro atoms. The van der Waals surface area contributed by atoms with Crippen molar-refractivity contribution in [3.05, 3.63) is 107 Å². The lowest BCUT2D eigenvalue weighted by molar-refractivity contribution is -0.948. The molecule has 3 aliphatic rings. The van der Waals surface area contributed by atoms with Gasteiger partial charge in [-0.05, 0) is 56.1 Å². The van der Waals surface area contributed by atoms with Gasteiger partial charge >= 0.3 is 6.03 Å². The Morgan fingerprint density at radius 3 is 1.83 bits per heavy atom. The van der Waals surface area contributed by atoms with E-state index >= 15 is 0 Å². The van der Waals surface area contributed by atoms with E-state index in [1.165, 1.54) is 43.1 Å². The molecule has 2 amide bonds. The molecule has 2 aliphatic heterocycles. The Kier molecular flexibility index (Phi) is 9.12. The normalized spacial score (nSPS) is 27.4. The summed E-state index contributed by atoms with van der Waals surface area (Å²) in [5, 5.41) is 18.2. The number of amides is 2. The number of carbonyl (C=O) groups excluding carboxylic acids is 1. The molecule has 4 atom stereocenters. The number of quaternary nitrogens is 1. The first-order valence-electron chi connectivity index (χ1n) is 15.2. The third-order valence-corrected chi connectivity index (χ3v) is 10.5. The van der Waals surface area contributed by atoms with E-state index in [1.54, 1.807) is 11.1 Å². The Morgan fingerprint density at radius 1 is 0.829 bits per heavy atom. The maximum atomic E-state index is 13.1. The average Bonchev–Trinajstić information content (AvgIpc) is 3.45. The van der Waals surface area contributed by atoms with Crippen LogP contribution in [0.2, 0.25) is 0 Å². The van der Waals surface area contributed by atoms with E-state index in [0.29, 0.717) is 12.1 Å². The Hall–Kier alpha value is -2.42. The fourth-order valence-electron chi connectivity index (χ4n) is 8.13. The lowest BCUT2D eigenvalue weighted by Gasteiger charge is -2.38. The zero-order chi connectivity index (χ0) is 27.7. The first-order valence-corrected chi connectivity index (χ1v) is 15.2. The largest absolute Gasteiger partial charge is 1.00 e. The van der Waals surface area contributed by atoms with Crippen LogP contribution in [0.3, 0.4) is 0 Å². The fraction of sp³-hybridized carbons (Fsp3) is 0.457. The predicted octanol–water partition coefficient (Wildman–Crippen LogP) is 3.60. The number of urea groups is 1. The van der Waals surface area contributed by atoms with Crippen LogP contribution in [-0.4, -0.2) is 41.3 Å². The molecule has 3 N–H and O–H groups in total. The molecule has 0 aromatic heterocycles. The second kappa shape index (κ2) is 12.4. The van der Waals surface area contributed by atoms with Crippen molar-refractivity contribution >= 4 is 6.03 Å². The number of benzene rings is 3. The average molecular weight is 666 g/mol. The molecule has 5 nitrogen and oxygen atoms in total. The lowest BCUT2D eigenvalue weighted by atomic mass is 9.81. The molecule has 1 saturated carbocycles. The number of carbonyl (C=O) groups is 1. The van der Waals surface area contributed by atoms with Gasteiger partial charge in [0.05, 0.1) is 19.6 Å². The van der Waals surface area contributed by atoms with Crippen molar-refractivity contribution < 1.29 is 38.4 Å². The lowest BCUT2D eigenvalue weighted by Crippen LogP contribution is -3.00. The molecular formula is C35H44IN3O2. The standard InChI is InChI=1S/C35H43N3O2.HI/c1-25(35(40,27-11-5-3-6-12-27)28-13-7-4-8-14-28)36-34(39)37-29-19-17-26(18-20-29)23-24-38(2)32-21-22-33(38)31-16-10-9-15-30(31)32;/h3-16,25-26,29,32-33,40H,17-24H2,1-2H3,(H-,36,37,39);1H/t25-,26?,29?,32-,33+,38?;/m0./s1. The predicted molar refractivity (Wildman–Crippen MR) is 160 cm³/mol. The second-order valence-electron chi connectivity index (χ2n) is 12.7. The van der Waals surface area contributed by atoms with Gasteiger partial charge < -0.3 is 44.2 Å². The maximum absolute atomic E-state index is 13.1. The van der Waals surface area contributed by atoms with Crippen LogP contribution >= 0.6 is 0 Å². The molecule has 2 heterocycles. The highest BCUT2D eigenvalue weighted by molar-refractivity contribution is 5.75. The molecule has 0 radical (unpaired) electrons. The number of nitrogens with one attached hydrogen (secondary N) is 2. The van der Waals surface area contributed by atoms with Crippen LogP contribution in [0.15, 0.2) is 84.9 Å². The quantitative estimate of drug-likeness (QED) is 0.255. The van der Waals surface area contributed by atoms with Gasteiger partial charge in [-0.15, -0.1) is 0 Å². The van der Waals surface area contributed by atoms with Gasteiger partial charge in [-0.2, -0.15) is 0 Å². The smallest absolute Gasteiger partial charge is 0.315 e. The molecule has 1 aliphatic carbocycles. The maximum Gasteiger partial charge on any atom is 0.315 e. The van der Waals surface area contributed by atoms with Gasteiger partial charge in [0, 0.05) is 30.0 Å². The summed E-state index contributed by atoms with van der Waals surface area (Å²) < 4.78 is 1.20. The van der Waals surface area contributed by atoms with Gasteiger partial charge in [0.15, 0.2) is 0 Å². The number of nitrogens with zero attached hydrogens (tertiary/aromatic N) is 1. The summed E-state index contributed by atoms with van der Waals surface area (Å²) in [6.07, 6.45) is 8.30. The number of hydrogen-bond donors (Lipinski definition) is 3. The SMILES string of the molecule is C[C@H](NC(=O)NC1CCC(CC[N+]2(C)[C@@H]3CC[C@H]2c2ccccc23)CC1)C(O)(c1ccccc1)c1ccccc1.[I-]. The summed E-state index contributed by atoms with van der Waals surface area (Å²) in [4.78, 5) is 13.1. The molecule has 2 fully saturated rings. The third-order valence-electron chi connectivity index (χ3n) is 10.5. The molecule has 3 aromatic carbocycles. The van der Waals surface area contributed by atoms with Crippen molar-refractivity contribution in [3.63, 3.8) is 0 Å². The van der Waals surface area contributed by atoms with Crippen LogP contribution in [0.5, 0.6) is 0 Å². The van der Waals surface area contributed by atoms with Crippen molar-refractivity contribution in [3.8, 4) is 0 Å². The van der Waals surface area contributed by atoms with E-state index < -0.39 is 11.6 Å². The molecule has 218 valence electrons. The van der Waals surface area contributed by atoms with Crippen LogP contribution in [-0.2, 0) is 5.60 Å². The second-order valence-corrected chi connectivity index (χ2v) is 12.7. The monoisotopic (exact) mass is 665 g/mol. The Bertz CT molecular complexity index is 1240. The van der Waals surface area contributed by atoms with E-state index in [9.17, 15) is 9.90 Å². The molecule has 6 rings (SSSR count). The van der Waals surface area contributed by atoms with E-state index in [-0.39, 0.29) is 36.0 Å². The summed E-state index contributed by atoms with van der Waals surface area (Å²) in [7, 11) is 2.49. The van der Waals surface area contributed by atoms with Crippen LogP contribution < -0.4 is 34.6 Å². The van der Waals surface area contributed by atoms with Crippen LogP contribution in [0.1, 0.15) is 86.2 Å². The zero-order valence-electron chi connectivity index (χ0n) is 24.3. The Labute approximate surface area is 262 Å². The van der Waals surface area contributed by atoms with E-state index in [1.807, 2.05) is 67.6 Å². The van der Waals surface area contributed by atoms with Gasteiger partial charge in [0.2, 0.25) is 0 Å². The minimum Gasteiger partial charge on any atom is -1.00 e. The summed E-state index contributed by atoms with van der Waals surface area (Å²) >= 11 is 0. The molecule has 3 aromatic rings. The first kappa shape index (κ1) is 30.1. The van der Waals surface area contributed by atoms with E-state index in [0.717, 1.165) is 29.9 Å².